The number of nitrogens with one attached hydrogen (secondary N) is 1. The molecule has 6 heteroatoms. The zero-order valence-electron chi connectivity index (χ0n) is 15.7. The van der Waals surface area contributed by atoms with Crippen LogP contribution in [-0.2, 0) is 0 Å². The van der Waals surface area contributed by atoms with Crippen LogP contribution in [-0.4, -0.2) is 28.1 Å². The van der Waals surface area contributed by atoms with Gasteiger partial charge >= 0.3 is 0 Å². The highest BCUT2D eigenvalue weighted by Crippen LogP contribution is 2.37. The molecule has 0 saturated heterocycles. The minimum Gasteiger partial charge on any atom is -0.354 e. The lowest BCUT2D eigenvalue weighted by Gasteiger charge is -2.26. The molecule has 1 amide bonds. The topological polar surface area (TPSA) is 80.9 Å². The summed E-state index contributed by atoms with van der Waals surface area (Å²) in [7, 11) is 1.59. The van der Waals surface area contributed by atoms with Crippen molar-refractivity contribution >= 4 is 5.91 Å². The summed E-state index contributed by atoms with van der Waals surface area (Å²) in [5, 5.41) is 6.70. The van der Waals surface area contributed by atoms with E-state index >= 15 is 0 Å². The van der Waals surface area contributed by atoms with Crippen molar-refractivity contribution < 1.29 is 9.32 Å². The molecular weight excluding hydrogens is 328 g/mol. The number of hydrogen-bond donors (Lipinski definition) is 1. The Bertz CT molecular complexity index is 720. The lowest BCUT2D eigenvalue weighted by molar-refractivity contribution is 0.0958. The standard InChI is InChI=1S/C20H28N4O2/c1-3-4-5-6-14-7-9-15(10-8-14)20-23-18(24-26-20)16-11-12-22-17(13-16)19(25)21-2/h11-15H,3-10H2,1-2H3,(H,21,25)/t14-,15-. The van der Waals surface area contributed by atoms with Crippen LogP contribution in [0.2, 0.25) is 0 Å². The lowest BCUT2D eigenvalue weighted by Crippen LogP contribution is -2.19. The zero-order valence-corrected chi connectivity index (χ0v) is 15.7. The van der Waals surface area contributed by atoms with Gasteiger partial charge in [0.2, 0.25) is 11.7 Å². The van der Waals surface area contributed by atoms with E-state index in [2.05, 4.69) is 27.4 Å². The predicted octanol–water partition coefficient (Wildman–Crippen LogP) is 4.35. The number of carbonyl (C=O) groups is 1. The molecule has 26 heavy (non-hydrogen) atoms. The van der Waals surface area contributed by atoms with Crippen LogP contribution in [0.1, 0.15) is 80.6 Å². The van der Waals surface area contributed by atoms with E-state index in [9.17, 15) is 4.79 Å². The number of carbonyl (C=O) groups excluding carboxylic acids is 1. The van der Waals surface area contributed by atoms with E-state index in [-0.39, 0.29) is 5.91 Å². The van der Waals surface area contributed by atoms with Crippen molar-refractivity contribution in [2.24, 2.45) is 5.92 Å². The number of unbranched alkanes of at least 4 members (excludes halogenated alkanes) is 2. The van der Waals surface area contributed by atoms with Gasteiger partial charge in [-0.05, 0) is 43.7 Å². The fourth-order valence-corrected chi connectivity index (χ4v) is 3.72. The summed E-state index contributed by atoms with van der Waals surface area (Å²) in [6.45, 7) is 2.25. The summed E-state index contributed by atoms with van der Waals surface area (Å²) >= 11 is 0. The Kier molecular flexibility index (Phi) is 6.36. The maximum absolute atomic E-state index is 11.7. The van der Waals surface area contributed by atoms with Crippen molar-refractivity contribution in [3.05, 3.63) is 29.9 Å². The molecule has 0 aliphatic heterocycles. The van der Waals surface area contributed by atoms with Gasteiger partial charge in [0.1, 0.15) is 5.69 Å². The average Bonchev–Trinajstić information content (AvgIpc) is 3.18. The number of pyridine rings is 1. The molecule has 140 valence electrons. The first-order chi connectivity index (χ1) is 12.7. The van der Waals surface area contributed by atoms with E-state index in [4.69, 9.17) is 4.52 Å². The van der Waals surface area contributed by atoms with E-state index < -0.39 is 0 Å². The van der Waals surface area contributed by atoms with Crippen LogP contribution in [0.4, 0.5) is 0 Å². The second-order valence-electron chi connectivity index (χ2n) is 7.18. The summed E-state index contributed by atoms with van der Waals surface area (Å²) in [4.78, 5) is 20.4. The van der Waals surface area contributed by atoms with Gasteiger partial charge < -0.3 is 9.84 Å². The van der Waals surface area contributed by atoms with E-state index in [0.29, 0.717) is 17.4 Å². The van der Waals surface area contributed by atoms with Gasteiger partial charge in [0.15, 0.2) is 0 Å². The van der Waals surface area contributed by atoms with Crippen LogP contribution in [0.5, 0.6) is 0 Å². The SMILES string of the molecule is CCCCC[C@H]1CC[C@H](c2nc(-c3ccnc(C(=O)NC)c3)no2)CC1. The fourth-order valence-electron chi connectivity index (χ4n) is 3.72. The first-order valence-electron chi connectivity index (χ1n) is 9.73. The molecule has 0 radical (unpaired) electrons. The first-order valence-corrected chi connectivity index (χ1v) is 9.73. The van der Waals surface area contributed by atoms with Crippen molar-refractivity contribution in [3.8, 4) is 11.4 Å². The third-order valence-electron chi connectivity index (χ3n) is 5.33. The number of nitrogens with zero attached hydrogens (tertiary/aromatic N) is 3. The fraction of sp³-hybridized carbons (Fsp3) is 0.600. The number of amides is 1. The Morgan fingerprint density at radius 2 is 2.08 bits per heavy atom. The summed E-state index contributed by atoms with van der Waals surface area (Å²) in [5.41, 5.74) is 1.10. The number of rotatable bonds is 7. The number of hydrogen-bond acceptors (Lipinski definition) is 5. The largest absolute Gasteiger partial charge is 0.354 e. The molecule has 3 rings (SSSR count). The Morgan fingerprint density at radius 3 is 2.81 bits per heavy atom. The van der Waals surface area contributed by atoms with Gasteiger partial charge in [-0.25, -0.2) is 0 Å². The summed E-state index contributed by atoms with van der Waals surface area (Å²) < 4.78 is 5.54. The summed E-state index contributed by atoms with van der Waals surface area (Å²) in [5.74, 6) is 2.24. The van der Waals surface area contributed by atoms with Crippen molar-refractivity contribution in [2.45, 2.75) is 64.2 Å². The molecular formula is C20H28N4O2. The minimum atomic E-state index is -0.225. The Labute approximate surface area is 154 Å². The van der Waals surface area contributed by atoms with Crippen LogP contribution >= 0.6 is 0 Å². The summed E-state index contributed by atoms with van der Waals surface area (Å²) in [6, 6.07) is 3.49. The molecule has 1 N–H and O–H groups in total. The third kappa shape index (κ3) is 4.48. The molecule has 0 unspecified atom stereocenters. The van der Waals surface area contributed by atoms with Gasteiger partial charge in [-0.15, -0.1) is 0 Å². The average molecular weight is 356 g/mol. The summed E-state index contributed by atoms with van der Waals surface area (Å²) in [6.07, 6.45) is 11.7. The molecule has 0 atom stereocenters. The molecule has 2 aromatic rings. The lowest BCUT2D eigenvalue weighted by atomic mass is 9.79. The normalized spacial score (nSPS) is 20.1. The van der Waals surface area contributed by atoms with Gasteiger partial charge in [-0.1, -0.05) is 37.8 Å². The van der Waals surface area contributed by atoms with Crippen LogP contribution in [0.25, 0.3) is 11.4 Å². The highest BCUT2D eigenvalue weighted by molar-refractivity contribution is 5.92. The number of aromatic nitrogens is 3. The molecule has 6 nitrogen and oxygen atoms in total. The maximum Gasteiger partial charge on any atom is 0.269 e. The molecule has 1 aliphatic rings. The van der Waals surface area contributed by atoms with Crippen molar-refractivity contribution in [3.63, 3.8) is 0 Å². The first kappa shape index (κ1) is 18.5. The van der Waals surface area contributed by atoms with Gasteiger partial charge in [0, 0.05) is 24.7 Å². The Morgan fingerprint density at radius 1 is 1.27 bits per heavy atom. The second kappa shape index (κ2) is 8.92. The van der Waals surface area contributed by atoms with Crippen LogP contribution < -0.4 is 5.32 Å². The molecule has 0 aromatic carbocycles. The van der Waals surface area contributed by atoms with Gasteiger partial charge in [0.25, 0.3) is 5.91 Å². The maximum atomic E-state index is 11.7. The highest BCUT2D eigenvalue weighted by atomic mass is 16.5. The van der Waals surface area contributed by atoms with Crippen LogP contribution in [0.3, 0.4) is 0 Å². The molecule has 1 aliphatic carbocycles. The quantitative estimate of drug-likeness (QED) is 0.746. The Hall–Kier alpha value is -2.24. The molecule has 2 aromatic heterocycles. The van der Waals surface area contributed by atoms with Crippen molar-refractivity contribution in [1.29, 1.82) is 0 Å². The second-order valence-corrected chi connectivity index (χ2v) is 7.18. The smallest absolute Gasteiger partial charge is 0.269 e. The van der Waals surface area contributed by atoms with Crippen LogP contribution in [0, 0.1) is 5.92 Å². The molecule has 0 spiro atoms. The molecule has 0 bridgehead atoms. The molecule has 2 heterocycles. The van der Waals surface area contributed by atoms with Gasteiger partial charge in [0.05, 0.1) is 0 Å². The van der Waals surface area contributed by atoms with Crippen molar-refractivity contribution in [1.82, 2.24) is 20.4 Å². The highest BCUT2D eigenvalue weighted by Gasteiger charge is 2.26. The molecule has 1 fully saturated rings. The van der Waals surface area contributed by atoms with Gasteiger partial charge in [-0.2, -0.15) is 4.98 Å². The third-order valence-corrected chi connectivity index (χ3v) is 5.33. The van der Waals surface area contributed by atoms with Crippen LogP contribution in [0.15, 0.2) is 22.9 Å². The van der Waals surface area contributed by atoms with E-state index in [1.54, 1.807) is 25.4 Å². The predicted molar refractivity (Wildman–Crippen MR) is 99.8 cm³/mol. The van der Waals surface area contributed by atoms with E-state index in [0.717, 1.165) is 30.2 Å². The van der Waals surface area contributed by atoms with E-state index in [1.165, 1.54) is 38.5 Å². The Balaban J connectivity index is 1.61. The van der Waals surface area contributed by atoms with E-state index in [1.807, 2.05) is 0 Å². The monoisotopic (exact) mass is 356 g/mol. The minimum absolute atomic E-state index is 0.225. The van der Waals surface area contributed by atoms with Gasteiger partial charge in [-0.3, -0.25) is 9.78 Å². The zero-order chi connectivity index (χ0) is 18.4. The van der Waals surface area contributed by atoms with Crippen molar-refractivity contribution in [2.75, 3.05) is 7.05 Å². The molecule has 1 saturated carbocycles.